The SMILES string of the molecule is COC(=O)c1ccccc1CS(=O)(=O)NC(C)(C)CN.Cl. The number of nitrogens with one attached hydrogen (secondary N) is 1. The number of methoxy groups -OCH3 is 1. The first-order chi connectivity index (χ1) is 9.21. The molecule has 0 saturated carbocycles. The third-order valence-electron chi connectivity index (χ3n) is 2.71. The number of hydrogen-bond acceptors (Lipinski definition) is 5. The minimum Gasteiger partial charge on any atom is -0.465 e. The molecule has 0 heterocycles. The van der Waals surface area contributed by atoms with E-state index >= 15 is 0 Å². The summed E-state index contributed by atoms with van der Waals surface area (Å²) in [7, 11) is -2.35. The van der Waals surface area contributed by atoms with Crippen LogP contribution in [0.2, 0.25) is 0 Å². The molecule has 21 heavy (non-hydrogen) atoms. The topological polar surface area (TPSA) is 98.5 Å². The molecular formula is C13H21ClN2O4S. The number of ether oxygens (including phenoxy) is 1. The molecule has 0 amide bonds. The van der Waals surface area contributed by atoms with Gasteiger partial charge in [0, 0.05) is 12.1 Å². The summed E-state index contributed by atoms with van der Waals surface area (Å²) in [4.78, 5) is 11.6. The first-order valence-corrected chi connectivity index (χ1v) is 7.74. The van der Waals surface area contributed by atoms with Crippen LogP contribution in [0, 0.1) is 0 Å². The summed E-state index contributed by atoms with van der Waals surface area (Å²) in [5.74, 6) is -0.865. The van der Waals surface area contributed by atoms with E-state index < -0.39 is 21.5 Å². The lowest BCUT2D eigenvalue weighted by Crippen LogP contribution is -2.49. The molecule has 0 atom stereocenters. The van der Waals surface area contributed by atoms with Crippen LogP contribution in [0.5, 0.6) is 0 Å². The van der Waals surface area contributed by atoms with Crippen molar-refractivity contribution in [3.63, 3.8) is 0 Å². The molecule has 1 aromatic rings. The van der Waals surface area contributed by atoms with Gasteiger partial charge in [-0.25, -0.2) is 17.9 Å². The summed E-state index contributed by atoms with van der Waals surface area (Å²) < 4.78 is 31.4. The summed E-state index contributed by atoms with van der Waals surface area (Å²) in [5, 5.41) is 0. The molecule has 0 unspecified atom stereocenters. The molecule has 8 heteroatoms. The number of carbonyl (C=O) groups excluding carboxylic acids is 1. The lowest BCUT2D eigenvalue weighted by Gasteiger charge is -2.24. The zero-order valence-corrected chi connectivity index (χ0v) is 13.9. The van der Waals surface area contributed by atoms with E-state index in [9.17, 15) is 13.2 Å². The van der Waals surface area contributed by atoms with Gasteiger partial charge in [0.15, 0.2) is 0 Å². The lowest BCUT2D eigenvalue weighted by molar-refractivity contribution is 0.0600. The zero-order valence-electron chi connectivity index (χ0n) is 12.3. The highest BCUT2D eigenvalue weighted by molar-refractivity contribution is 7.88. The number of hydrogen-bond donors (Lipinski definition) is 2. The van der Waals surface area contributed by atoms with Crippen molar-refractivity contribution in [2.45, 2.75) is 25.1 Å². The van der Waals surface area contributed by atoms with E-state index in [4.69, 9.17) is 5.73 Å². The Labute approximate surface area is 131 Å². The van der Waals surface area contributed by atoms with Crippen LogP contribution in [0.25, 0.3) is 0 Å². The number of halogens is 1. The van der Waals surface area contributed by atoms with Crippen molar-refractivity contribution >= 4 is 28.4 Å². The van der Waals surface area contributed by atoms with Crippen LogP contribution in [0.3, 0.4) is 0 Å². The number of rotatable bonds is 6. The molecule has 0 aliphatic carbocycles. The second-order valence-electron chi connectivity index (χ2n) is 5.10. The van der Waals surface area contributed by atoms with Gasteiger partial charge in [-0.1, -0.05) is 18.2 Å². The van der Waals surface area contributed by atoms with Crippen molar-refractivity contribution in [3.8, 4) is 0 Å². The maximum atomic E-state index is 12.1. The number of carbonyl (C=O) groups is 1. The van der Waals surface area contributed by atoms with Crippen LogP contribution in [0.15, 0.2) is 24.3 Å². The van der Waals surface area contributed by atoms with Crippen molar-refractivity contribution in [3.05, 3.63) is 35.4 Å². The zero-order chi connectivity index (χ0) is 15.4. The summed E-state index contributed by atoms with van der Waals surface area (Å²) in [6.07, 6.45) is 0. The Balaban J connectivity index is 0.00000400. The number of sulfonamides is 1. The molecular weight excluding hydrogens is 316 g/mol. The Bertz CT molecular complexity index is 588. The maximum absolute atomic E-state index is 12.1. The molecule has 0 bridgehead atoms. The standard InChI is InChI=1S/C13H20N2O4S.ClH/c1-13(2,9-14)15-20(17,18)8-10-6-4-5-7-11(10)12(16)19-3;/h4-7,15H,8-9,14H2,1-3H3;1H. The van der Waals surface area contributed by atoms with Gasteiger partial charge in [0.05, 0.1) is 18.4 Å². The van der Waals surface area contributed by atoms with Crippen molar-refractivity contribution in [1.29, 1.82) is 0 Å². The largest absolute Gasteiger partial charge is 0.465 e. The highest BCUT2D eigenvalue weighted by Crippen LogP contribution is 2.14. The summed E-state index contributed by atoms with van der Waals surface area (Å²) in [6.45, 7) is 3.55. The highest BCUT2D eigenvalue weighted by Gasteiger charge is 2.25. The predicted molar refractivity (Wildman–Crippen MR) is 83.9 cm³/mol. The van der Waals surface area contributed by atoms with E-state index in [1.165, 1.54) is 13.2 Å². The second kappa shape index (κ2) is 7.74. The second-order valence-corrected chi connectivity index (χ2v) is 6.82. The van der Waals surface area contributed by atoms with Gasteiger partial charge in [-0.3, -0.25) is 0 Å². The monoisotopic (exact) mass is 336 g/mol. The van der Waals surface area contributed by atoms with Gasteiger partial charge in [-0.15, -0.1) is 12.4 Å². The molecule has 0 radical (unpaired) electrons. The van der Waals surface area contributed by atoms with Crippen molar-refractivity contribution in [2.75, 3.05) is 13.7 Å². The van der Waals surface area contributed by atoms with Gasteiger partial charge < -0.3 is 10.5 Å². The Hall–Kier alpha value is -1.15. The number of nitrogens with two attached hydrogens (primary N) is 1. The third-order valence-corrected chi connectivity index (χ3v) is 4.26. The van der Waals surface area contributed by atoms with Gasteiger partial charge in [-0.2, -0.15) is 0 Å². The van der Waals surface area contributed by atoms with E-state index in [2.05, 4.69) is 9.46 Å². The van der Waals surface area contributed by atoms with Crippen LogP contribution in [-0.4, -0.2) is 33.6 Å². The summed E-state index contributed by atoms with van der Waals surface area (Å²) in [6, 6.07) is 6.44. The third kappa shape index (κ3) is 6.01. The van der Waals surface area contributed by atoms with Gasteiger partial charge in [0.25, 0.3) is 0 Å². The van der Waals surface area contributed by atoms with Gasteiger partial charge in [0.1, 0.15) is 0 Å². The fraction of sp³-hybridized carbons (Fsp3) is 0.462. The van der Waals surface area contributed by atoms with E-state index in [0.29, 0.717) is 5.56 Å². The van der Waals surface area contributed by atoms with Gasteiger partial charge in [-0.05, 0) is 25.5 Å². The first kappa shape index (κ1) is 19.9. The minimum atomic E-state index is -3.61. The van der Waals surface area contributed by atoms with Crippen LogP contribution >= 0.6 is 12.4 Å². The molecule has 0 spiro atoms. The molecule has 120 valence electrons. The molecule has 6 nitrogen and oxygen atoms in total. The highest BCUT2D eigenvalue weighted by atomic mass is 35.5. The quantitative estimate of drug-likeness (QED) is 0.757. The van der Waals surface area contributed by atoms with E-state index in [1.807, 2.05) is 0 Å². The van der Waals surface area contributed by atoms with E-state index in [1.54, 1.807) is 32.0 Å². The fourth-order valence-electron chi connectivity index (χ4n) is 1.66. The Morgan fingerprint density at radius 3 is 2.43 bits per heavy atom. The first-order valence-electron chi connectivity index (χ1n) is 6.09. The minimum absolute atomic E-state index is 0. The van der Waals surface area contributed by atoms with Crippen molar-refractivity contribution < 1.29 is 17.9 Å². The Kier molecular flexibility index (Phi) is 7.32. The van der Waals surface area contributed by atoms with Crippen molar-refractivity contribution in [2.24, 2.45) is 5.73 Å². The smallest absolute Gasteiger partial charge is 0.338 e. The fourth-order valence-corrected chi connectivity index (χ4v) is 3.32. The van der Waals surface area contributed by atoms with Crippen LogP contribution < -0.4 is 10.5 Å². The normalized spacial score (nSPS) is 11.6. The van der Waals surface area contributed by atoms with Crippen LogP contribution in [-0.2, 0) is 20.5 Å². The molecule has 1 rings (SSSR count). The number of benzene rings is 1. The average molecular weight is 337 g/mol. The molecule has 0 aromatic heterocycles. The number of esters is 1. The summed E-state index contributed by atoms with van der Waals surface area (Å²) >= 11 is 0. The lowest BCUT2D eigenvalue weighted by atomic mass is 10.1. The van der Waals surface area contributed by atoms with Gasteiger partial charge in [0.2, 0.25) is 10.0 Å². The Morgan fingerprint density at radius 1 is 1.33 bits per heavy atom. The summed E-state index contributed by atoms with van der Waals surface area (Å²) in [5.41, 5.74) is 5.40. The predicted octanol–water partition coefficient (Wildman–Crippen LogP) is 1.05. The molecule has 0 aliphatic heterocycles. The van der Waals surface area contributed by atoms with Crippen molar-refractivity contribution in [1.82, 2.24) is 4.72 Å². The molecule has 0 aliphatic rings. The molecule has 1 aromatic carbocycles. The average Bonchev–Trinajstić information content (AvgIpc) is 2.36. The molecule has 0 fully saturated rings. The van der Waals surface area contributed by atoms with E-state index in [-0.39, 0.29) is 30.3 Å². The van der Waals surface area contributed by atoms with Crippen LogP contribution in [0.1, 0.15) is 29.8 Å². The molecule has 0 saturated heterocycles. The van der Waals surface area contributed by atoms with Crippen LogP contribution in [0.4, 0.5) is 0 Å². The Morgan fingerprint density at radius 2 is 1.90 bits per heavy atom. The maximum Gasteiger partial charge on any atom is 0.338 e. The molecule has 3 N–H and O–H groups in total. The van der Waals surface area contributed by atoms with Gasteiger partial charge >= 0.3 is 5.97 Å². The van der Waals surface area contributed by atoms with E-state index in [0.717, 1.165) is 0 Å².